The number of H-pyrrole nitrogens is 1. The monoisotopic (exact) mass is 456 g/mol. The van der Waals surface area contributed by atoms with Crippen LogP contribution >= 0.6 is 0 Å². The maximum Gasteiger partial charge on any atom is 0.0783 e. The van der Waals surface area contributed by atoms with Gasteiger partial charge in [-0.1, -0.05) is 96.1 Å². The Labute approximate surface area is 206 Å². The molecule has 4 aromatic carbocycles. The quantitative estimate of drug-likeness (QED) is 0.255. The van der Waals surface area contributed by atoms with Gasteiger partial charge >= 0.3 is 0 Å². The van der Waals surface area contributed by atoms with Crippen molar-refractivity contribution in [2.75, 3.05) is 0 Å². The molecule has 7 rings (SSSR count). The molecule has 1 N–H and O–H groups in total. The highest BCUT2D eigenvalue weighted by Crippen LogP contribution is 2.61. The molecule has 0 spiro atoms. The zero-order valence-electron chi connectivity index (χ0n) is 21.5. The van der Waals surface area contributed by atoms with Crippen molar-refractivity contribution in [3.63, 3.8) is 0 Å². The van der Waals surface area contributed by atoms with Gasteiger partial charge in [-0.05, 0) is 51.6 Å². The summed E-state index contributed by atoms with van der Waals surface area (Å²) in [7, 11) is 0. The Balaban J connectivity index is 1.63. The average molecular weight is 457 g/mol. The Bertz CT molecular complexity index is 1820. The first-order valence-corrected chi connectivity index (χ1v) is 12.7. The van der Waals surface area contributed by atoms with E-state index in [-0.39, 0.29) is 16.2 Å². The molecule has 2 aromatic heterocycles. The third-order valence-electron chi connectivity index (χ3n) is 10.0. The topological polar surface area (TPSA) is 20.7 Å². The van der Waals surface area contributed by atoms with E-state index in [1.54, 1.807) is 0 Å². The van der Waals surface area contributed by atoms with Crippen LogP contribution in [-0.2, 0) is 10.8 Å². The minimum atomic E-state index is 0.0665. The molecule has 6 aromatic rings. The van der Waals surface area contributed by atoms with Crippen LogP contribution < -0.4 is 0 Å². The van der Waals surface area contributed by atoms with E-state index < -0.39 is 0 Å². The van der Waals surface area contributed by atoms with E-state index >= 15 is 0 Å². The Kier molecular flexibility index (Phi) is 3.79. The molecule has 2 heteroatoms. The van der Waals surface area contributed by atoms with Crippen molar-refractivity contribution < 1.29 is 0 Å². The predicted octanol–water partition coefficient (Wildman–Crippen LogP) is 9.01. The Hall–Kier alpha value is -3.52. The summed E-state index contributed by atoms with van der Waals surface area (Å²) in [6.45, 7) is 14.5. The highest BCUT2D eigenvalue weighted by atomic mass is 15.0. The SMILES string of the molecule is CC1(C)c2ccc(-n3c4ccccc4c4ccc5c6ccccc6[nH]c5c43)cc2C(C)(C)C1(C)C. The van der Waals surface area contributed by atoms with Crippen LogP contribution in [-0.4, -0.2) is 9.55 Å². The first-order valence-electron chi connectivity index (χ1n) is 12.7. The van der Waals surface area contributed by atoms with Crippen LogP contribution in [0.5, 0.6) is 0 Å². The number of hydrogen-bond acceptors (Lipinski definition) is 0. The highest BCUT2D eigenvalue weighted by Gasteiger charge is 2.56. The second-order valence-electron chi connectivity index (χ2n) is 12.0. The van der Waals surface area contributed by atoms with Crippen LogP contribution in [0.4, 0.5) is 0 Å². The molecular formula is C33H32N2. The third-order valence-corrected chi connectivity index (χ3v) is 10.0. The van der Waals surface area contributed by atoms with Gasteiger partial charge in [-0.3, -0.25) is 0 Å². The van der Waals surface area contributed by atoms with Crippen molar-refractivity contribution in [1.82, 2.24) is 9.55 Å². The van der Waals surface area contributed by atoms with Crippen molar-refractivity contribution in [3.05, 3.63) is 90.0 Å². The molecule has 2 nitrogen and oxygen atoms in total. The van der Waals surface area contributed by atoms with E-state index in [0.717, 1.165) is 0 Å². The molecule has 0 amide bonds. The minimum Gasteiger partial charge on any atom is -0.353 e. The zero-order valence-corrected chi connectivity index (χ0v) is 21.5. The van der Waals surface area contributed by atoms with E-state index in [2.05, 4.69) is 130 Å². The molecule has 0 saturated carbocycles. The molecule has 0 fully saturated rings. The Morgan fingerprint density at radius 3 is 2.06 bits per heavy atom. The summed E-state index contributed by atoms with van der Waals surface area (Å²) in [5.41, 5.74) is 9.41. The number of rotatable bonds is 1. The lowest BCUT2D eigenvalue weighted by Crippen LogP contribution is -2.42. The van der Waals surface area contributed by atoms with Crippen LogP contribution in [0.25, 0.3) is 49.3 Å². The predicted molar refractivity (Wildman–Crippen MR) is 150 cm³/mol. The van der Waals surface area contributed by atoms with Crippen molar-refractivity contribution in [2.24, 2.45) is 5.41 Å². The van der Waals surface area contributed by atoms with Gasteiger partial charge in [0.2, 0.25) is 0 Å². The zero-order chi connectivity index (χ0) is 24.3. The number of nitrogens with zero attached hydrogens (tertiary/aromatic N) is 1. The molecule has 1 aliphatic carbocycles. The maximum absolute atomic E-state index is 3.77. The third kappa shape index (κ3) is 2.35. The summed E-state index contributed by atoms with van der Waals surface area (Å²) in [6.07, 6.45) is 0. The van der Waals surface area contributed by atoms with Gasteiger partial charge in [-0.2, -0.15) is 0 Å². The molecule has 0 atom stereocenters. The number of fused-ring (bicyclic) bond motifs is 8. The molecule has 35 heavy (non-hydrogen) atoms. The summed E-state index contributed by atoms with van der Waals surface area (Å²) >= 11 is 0. The van der Waals surface area contributed by atoms with Gasteiger partial charge in [0.05, 0.1) is 16.6 Å². The van der Waals surface area contributed by atoms with Gasteiger partial charge in [-0.15, -0.1) is 0 Å². The molecule has 0 unspecified atom stereocenters. The lowest BCUT2D eigenvalue weighted by molar-refractivity contribution is 0.125. The second kappa shape index (κ2) is 6.37. The van der Waals surface area contributed by atoms with E-state index in [9.17, 15) is 0 Å². The fourth-order valence-corrected chi connectivity index (χ4v) is 6.83. The molecule has 2 heterocycles. The van der Waals surface area contributed by atoms with Crippen molar-refractivity contribution >= 4 is 43.6 Å². The van der Waals surface area contributed by atoms with E-state index in [1.807, 2.05) is 0 Å². The normalized spacial score (nSPS) is 18.1. The first kappa shape index (κ1) is 20.8. The van der Waals surface area contributed by atoms with Gasteiger partial charge in [-0.25, -0.2) is 0 Å². The van der Waals surface area contributed by atoms with Crippen LogP contribution in [0.2, 0.25) is 0 Å². The number of para-hydroxylation sites is 2. The van der Waals surface area contributed by atoms with Gasteiger partial charge in [0.15, 0.2) is 0 Å². The maximum atomic E-state index is 3.77. The summed E-state index contributed by atoms with van der Waals surface area (Å²) in [5.74, 6) is 0. The molecule has 1 aliphatic rings. The summed E-state index contributed by atoms with van der Waals surface area (Å²) in [4.78, 5) is 3.77. The van der Waals surface area contributed by atoms with Crippen LogP contribution in [0.1, 0.15) is 52.7 Å². The van der Waals surface area contributed by atoms with E-state index in [4.69, 9.17) is 0 Å². The number of benzene rings is 4. The number of aromatic amines is 1. The Morgan fingerprint density at radius 2 is 1.26 bits per heavy atom. The van der Waals surface area contributed by atoms with Crippen LogP contribution in [0.3, 0.4) is 0 Å². The van der Waals surface area contributed by atoms with Gasteiger partial charge in [0.25, 0.3) is 0 Å². The average Bonchev–Trinajstić information content (AvgIpc) is 3.41. The number of hydrogen-bond donors (Lipinski definition) is 1. The van der Waals surface area contributed by atoms with E-state index in [0.29, 0.717) is 0 Å². The second-order valence-corrected chi connectivity index (χ2v) is 12.0. The van der Waals surface area contributed by atoms with E-state index in [1.165, 1.54) is 60.4 Å². The van der Waals surface area contributed by atoms with Crippen LogP contribution in [0, 0.1) is 5.41 Å². The Morgan fingerprint density at radius 1 is 0.600 bits per heavy atom. The largest absolute Gasteiger partial charge is 0.353 e. The summed E-state index contributed by atoms with van der Waals surface area (Å²) in [5, 5.41) is 5.14. The molecular weight excluding hydrogens is 424 g/mol. The highest BCUT2D eigenvalue weighted by molar-refractivity contribution is 6.22. The lowest BCUT2D eigenvalue weighted by Gasteiger charge is -2.44. The van der Waals surface area contributed by atoms with Gasteiger partial charge < -0.3 is 9.55 Å². The molecule has 0 radical (unpaired) electrons. The van der Waals surface area contributed by atoms with Crippen molar-refractivity contribution in [2.45, 2.75) is 52.4 Å². The summed E-state index contributed by atoms with van der Waals surface area (Å²) in [6, 6.07) is 29.2. The van der Waals surface area contributed by atoms with Crippen molar-refractivity contribution in [3.8, 4) is 5.69 Å². The smallest absolute Gasteiger partial charge is 0.0783 e. The van der Waals surface area contributed by atoms with Crippen LogP contribution in [0.15, 0.2) is 78.9 Å². The minimum absolute atomic E-state index is 0.0665. The standard InChI is InChI=1S/C33H32N2/c1-31(2)25-18-15-20(19-26(25)32(3,4)33(31,5)6)35-28-14-10-8-12-22(28)24-17-16-23-21-11-7-9-13-27(21)34-29(23)30(24)35/h7-19,34H,1-6H3. The molecule has 0 saturated heterocycles. The number of nitrogens with one attached hydrogen (secondary N) is 1. The molecule has 174 valence electrons. The number of aromatic nitrogens is 2. The molecule has 0 aliphatic heterocycles. The van der Waals surface area contributed by atoms with Crippen molar-refractivity contribution in [1.29, 1.82) is 0 Å². The summed E-state index contributed by atoms with van der Waals surface area (Å²) < 4.78 is 2.48. The first-order chi connectivity index (χ1) is 16.6. The van der Waals surface area contributed by atoms with Gasteiger partial charge in [0, 0.05) is 32.7 Å². The van der Waals surface area contributed by atoms with Gasteiger partial charge in [0.1, 0.15) is 0 Å². The fraction of sp³-hybridized carbons (Fsp3) is 0.273. The molecule has 0 bridgehead atoms. The lowest BCUT2D eigenvalue weighted by atomic mass is 9.59. The fourth-order valence-electron chi connectivity index (χ4n) is 6.83.